The molecule has 0 aromatic carbocycles. The van der Waals surface area contributed by atoms with Crippen LogP contribution in [0.15, 0.2) is 18.5 Å². The Bertz CT molecular complexity index is 433. The zero-order valence-electron chi connectivity index (χ0n) is 12.9. The highest BCUT2D eigenvalue weighted by Crippen LogP contribution is 2.40. The average molecular weight is 277 g/mol. The topological polar surface area (TPSA) is 37.3 Å². The largest absolute Gasteiger partial charge is 0.345 e. The van der Waals surface area contributed by atoms with E-state index in [0.29, 0.717) is 12.6 Å². The van der Waals surface area contributed by atoms with Crippen LogP contribution in [0.3, 0.4) is 0 Å². The zero-order valence-corrected chi connectivity index (χ0v) is 12.9. The SMILES string of the molecule is CCNC(c1ccn(CC(=O)N(CC)CC)c1)C1CC1. The minimum Gasteiger partial charge on any atom is -0.345 e. The van der Waals surface area contributed by atoms with Crippen LogP contribution in [-0.4, -0.2) is 35.0 Å². The maximum Gasteiger partial charge on any atom is 0.242 e. The molecule has 2 rings (SSSR count). The van der Waals surface area contributed by atoms with Crippen LogP contribution in [0.5, 0.6) is 0 Å². The van der Waals surface area contributed by atoms with Gasteiger partial charge in [-0.1, -0.05) is 6.92 Å². The Labute approximate surface area is 122 Å². The predicted octanol–water partition coefficient (Wildman–Crippen LogP) is 2.42. The summed E-state index contributed by atoms with van der Waals surface area (Å²) in [5, 5.41) is 3.56. The maximum absolute atomic E-state index is 12.1. The van der Waals surface area contributed by atoms with Crippen LogP contribution in [0.4, 0.5) is 0 Å². The molecule has 0 radical (unpaired) electrons. The molecule has 1 heterocycles. The summed E-state index contributed by atoms with van der Waals surface area (Å²) >= 11 is 0. The molecule has 1 aliphatic rings. The monoisotopic (exact) mass is 277 g/mol. The van der Waals surface area contributed by atoms with Gasteiger partial charge in [0, 0.05) is 31.5 Å². The van der Waals surface area contributed by atoms with Crippen molar-refractivity contribution in [1.29, 1.82) is 0 Å². The molecule has 0 bridgehead atoms. The van der Waals surface area contributed by atoms with Gasteiger partial charge in [0.1, 0.15) is 6.54 Å². The van der Waals surface area contributed by atoms with Crippen LogP contribution < -0.4 is 5.32 Å². The molecule has 112 valence electrons. The Morgan fingerprint density at radius 1 is 1.40 bits per heavy atom. The van der Waals surface area contributed by atoms with Gasteiger partial charge in [0.05, 0.1) is 0 Å². The Hall–Kier alpha value is -1.29. The molecule has 4 heteroatoms. The number of carbonyl (C=O) groups is 1. The van der Waals surface area contributed by atoms with E-state index in [0.717, 1.165) is 25.6 Å². The van der Waals surface area contributed by atoms with Crippen molar-refractivity contribution in [2.45, 2.75) is 46.2 Å². The summed E-state index contributed by atoms with van der Waals surface area (Å²) in [6.07, 6.45) is 6.80. The highest BCUT2D eigenvalue weighted by molar-refractivity contribution is 5.75. The van der Waals surface area contributed by atoms with E-state index in [2.05, 4.69) is 24.5 Å². The van der Waals surface area contributed by atoms with E-state index in [1.165, 1.54) is 18.4 Å². The van der Waals surface area contributed by atoms with Gasteiger partial charge in [-0.15, -0.1) is 0 Å². The van der Waals surface area contributed by atoms with Gasteiger partial charge in [-0.3, -0.25) is 4.79 Å². The molecular weight excluding hydrogens is 250 g/mol. The van der Waals surface area contributed by atoms with Crippen molar-refractivity contribution in [3.05, 3.63) is 24.0 Å². The molecule has 1 unspecified atom stereocenters. The maximum atomic E-state index is 12.1. The normalized spacial score (nSPS) is 16.1. The molecule has 1 aliphatic carbocycles. The van der Waals surface area contributed by atoms with Gasteiger partial charge in [-0.25, -0.2) is 0 Å². The van der Waals surface area contributed by atoms with Crippen molar-refractivity contribution < 1.29 is 4.79 Å². The summed E-state index contributed by atoms with van der Waals surface area (Å²) in [5.74, 6) is 0.979. The molecule has 1 amide bonds. The number of hydrogen-bond donors (Lipinski definition) is 1. The van der Waals surface area contributed by atoms with Crippen molar-refractivity contribution >= 4 is 5.91 Å². The summed E-state index contributed by atoms with van der Waals surface area (Å²) in [6, 6.07) is 2.62. The Kier molecular flexibility index (Phi) is 5.24. The highest BCUT2D eigenvalue weighted by Gasteiger charge is 2.32. The molecule has 1 saturated carbocycles. The number of hydrogen-bond acceptors (Lipinski definition) is 2. The van der Waals surface area contributed by atoms with Gasteiger partial charge in [0.2, 0.25) is 5.91 Å². The molecule has 0 spiro atoms. The fraction of sp³-hybridized carbons (Fsp3) is 0.688. The van der Waals surface area contributed by atoms with Gasteiger partial charge in [-0.05, 0) is 50.8 Å². The summed E-state index contributed by atoms with van der Waals surface area (Å²) in [4.78, 5) is 14.0. The molecule has 0 aliphatic heterocycles. The van der Waals surface area contributed by atoms with Crippen molar-refractivity contribution in [2.24, 2.45) is 5.92 Å². The summed E-state index contributed by atoms with van der Waals surface area (Å²) in [6.45, 7) is 9.21. The third kappa shape index (κ3) is 3.63. The fourth-order valence-electron chi connectivity index (χ4n) is 2.78. The summed E-state index contributed by atoms with van der Waals surface area (Å²) in [7, 11) is 0. The molecule has 1 fully saturated rings. The first-order valence-electron chi connectivity index (χ1n) is 7.86. The van der Waals surface area contributed by atoms with Crippen LogP contribution in [0.25, 0.3) is 0 Å². The lowest BCUT2D eigenvalue weighted by molar-refractivity contribution is -0.131. The number of nitrogens with one attached hydrogen (secondary N) is 1. The number of aromatic nitrogens is 1. The Morgan fingerprint density at radius 3 is 2.65 bits per heavy atom. The predicted molar refractivity (Wildman–Crippen MR) is 81.5 cm³/mol. The van der Waals surface area contributed by atoms with Gasteiger partial charge < -0.3 is 14.8 Å². The molecule has 1 N–H and O–H groups in total. The second-order valence-corrected chi connectivity index (χ2v) is 5.56. The molecule has 1 aromatic heterocycles. The molecule has 20 heavy (non-hydrogen) atoms. The van der Waals surface area contributed by atoms with E-state index in [1.54, 1.807) is 0 Å². The Balaban J connectivity index is 1.99. The smallest absolute Gasteiger partial charge is 0.242 e. The minimum atomic E-state index is 0.198. The van der Waals surface area contributed by atoms with E-state index >= 15 is 0 Å². The van der Waals surface area contributed by atoms with Crippen LogP contribution in [0, 0.1) is 5.92 Å². The molecular formula is C16H27N3O. The fourth-order valence-corrected chi connectivity index (χ4v) is 2.78. The second-order valence-electron chi connectivity index (χ2n) is 5.56. The molecule has 1 atom stereocenters. The number of amides is 1. The van der Waals surface area contributed by atoms with Gasteiger partial charge >= 0.3 is 0 Å². The van der Waals surface area contributed by atoms with Crippen LogP contribution in [0.1, 0.15) is 45.2 Å². The van der Waals surface area contributed by atoms with Crippen molar-refractivity contribution in [3.8, 4) is 0 Å². The van der Waals surface area contributed by atoms with E-state index in [9.17, 15) is 4.79 Å². The van der Waals surface area contributed by atoms with Gasteiger partial charge in [0.15, 0.2) is 0 Å². The van der Waals surface area contributed by atoms with E-state index < -0.39 is 0 Å². The first-order chi connectivity index (χ1) is 9.69. The summed E-state index contributed by atoms with van der Waals surface area (Å²) in [5.41, 5.74) is 1.32. The first-order valence-corrected chi connectivity index (χ1v) is 7.86. The number of nitrogens with zero attached hydrogens (tertiary/aromatic N) is 2. The highest BCUT2D eigenvalue weighted by atomic mass is 16.2. The standard InChI is InChI=1S/C16H27N3O/c1-4-17-16(13-7-8-13)14-9-10-18(11-14)12-15(20)19(5-2)6-3/h9-11,13,16-17H,4-8,12H2,1-3H3. The van der Waals surface area contributed by atoms with Crippen molar-refractivity contribution in [2.75, 3.05) is 19.6 Å². The first kappa shape index (κ1) is 15.1. The third-order valence-corrected chi connectivity index (χ3v) is 4.08. The lowest BCUT2D eigenvalue weighted by atomic mass is 10.1. The van der Waals surface area contributed by atoms with Gasteiger partial charge in [0.25, 0.3) is 0 Å². The number of carbonyl (C=O) groups excluding carboxylic acids is 1. The molecule has 4 nitrogen and oxygen atoms in total. The molecule has 0 saturated heterocycles. The van der Waals surface area contributed by atoms with E-state index in [4.69, 9.17) is 0 Å². The van der Waals surface area contributed by atoms with E-state index in [1.807, 2.05) is 29.5 Å². The second kappa shape index (κ2) is 6.93. The third-order valence-electron chi connectivity index (χ3n) is 4.08. The van der Waals surface area contributed by atoms with Crippen LogP contribution in [0.2, 0.25) is 0 Å². The van der Waals surface area contributed by atoms with Crippen molar-refractivity contribution in [1.82, 2.24) is 14.8 Å². The Morgan fingerprint density at radius 2 is 2.10 bits per heavy atom. The van der Waals surface area contributed by atoms with E-state index in [-0.39, 0.29) is 5.91 Å². The lowest BCUT2D eigenvalue weighted by Gasteiger charge is -2.19. The van der Waals surface area contributed by atoms with Crippen LogP contribution >= 0.6 is 0 Å². The van der Waals surface area contributed by atoms with Crippen LogP contribution in [-0.2, 0) is 11.3 Å². The van der Waals surface area contributed by atoms with Gasteiger partial charge in [-0.2, -0.15) is 0 Å². The molecule has 1 aromatic rings. The lowest BCUT2D eigenvalue weighted by Crippen LogP contribution is -2.33. The number of likely N-dealkylation sites (N-methyl/N-ethyl adjacent to an activating group) is 1. The summed E-state index contributed by atoms with van der Waals surface area (Å²) < 4.78 is 2.02. The number of rotatable bonds is 8. The zero-order chi connectivity index (χ0) is 14.5. The quantitative estimate of drug-likeness (QED) is 0.792. The van der Waals surface area contributed by atoms with Crippen molar-refractivity contribution in [3.63, 3.8) is 0 Å². The average Bonchev–Trinajstić information content (AvgIpc) is 3.17. The minimum absolute atomic E-state index is 0.198.